The van der Waals surface area contributed by atoms with E-state index in [0.717, 1.165) is 11.0 Å². The number of aromatic nitrogens is 2. The molecule has 0 aliphatic rings. The van der Waals surface area contributed by atoms with Gasteiger partial charge in [0, 0.05) is 27.1 Å². The van der Waals surface area contributed by atoms with E-state index in [2.05, 4.69) is 0 Å². The number of hydrogen-bond acceptors (Lipinski definition) is 3. The zero-order valence-corrected chi connectivity index (χ0v) is 12.8. The van der Waals surface area contributed by atoms with Crippen LogP contribution in [0.3, 0.4) is 0 Å². The fraction of sp³-hybridized carbons (Fsp3) is 0.400. The molecule has 0 saturated heterocycles. The van der Waals surface area contributed by atoms with Crippen LogP contribution >= 0.6 is 0 Å². The van der Waals surface area contributed by atoms with Crippen molar-refractivity contribution in [3.8, 4) is 0 Å². The zero-order valence-electron chi connectivity index (χ0n) is 12.8. The van der Waals surface area contributed by atoms with E-state index in [0.29, 0.717) is 0 Å². The summed E-state index contributed by atoms with van der Waals surface area (Å²) in [7, 11) is 3.13. The summed E-state index contributed by atoms with van der Waals surface area (Å²) >= 11 is 0. The molecule has 1 amide bonds. The fourth-order valence-corrected chi connectivity index (χ4v) is 2.34. The molecule has 7 nitrogen and oxygen atoms in total. The van der Waals surface area contributed by atoms with Crippen molar-refractivity contribution in [1.82, 2.24) is 14.0 Å². The second-order valence-corrected chi connectivity index (χ2v) is 5.25. The molecule has 2 rings (SSSR count). The first-order valence-electron chi connectivity index (χ1n) is 6.97. The molecule has 22 heavy (non-hydrogen) atoms. The minimum atomic E-state index is -1.06. The molecule has 0 saturated carbocycles. The number of imidazole rings is 1. The van der Waals surface area contributed by atoms with E-state index in [1.807, 2.05) is 24.3 Å². The molecular weight excluding hydrogens is 286 g/mol. The molecule has 1 unspecified atom stereocenters. The Hall–Kier alpha value is -2.57. The minimum absolute atomic E-state index is 0.0715. The Morgan fingerprint density at radius 1 is 1.27 bits per heavy atom. The highest BCUT2D eigenvalue weighted by Gasteiger charge is 2.21. The highest BCUT2D eigenvalue weighted by Crippen LogP contribution is 2.12. The Morgan fingerprint density at radius 2 is 1.86 bits per heavy atom. The number of aryl methyl sites for hydroxylation is 2. The number of carboxylic acid groups (broad SMARTS) is 1. The van der Waals surface area contributed by atoms with Gasteiger partial charge in [-0.25, -0.2) is 9.59 Å². The predicted molar refractivity (Wildman–Crippen MR) is 81.7 cm³/mol. The second kappa shape index (κ2) is 6.05. The van der Waals surface area contributed by atoms with Crippen LogP contribution in [0, 0.1) is 0 Å². The van der Waals surface area contributed by atoms with Crippen LogP contribution in [0.15, 0.2) is 29.1 Å². The molecule has 7 heteroatoms. The van der Waals surface area contributed by atoms with Gasteiger partial charge in [-0.3, -0.25) is 13.9 Å². The third kappa shape index (κ3) is 2.74. The lowest BCUT2D eigenvalue weighted by Gasteiger charge is -2.21. The van der Waals surface area contributed by atoms with E-state index in [9.17, 15) is 14.4 Å². The zero-order chi connectivity index (χ0) is 16.4. The van der Waals surface area contributed by atoms with Gasteiger partial charge in [-0.15, -0.1) is 0 Å². The number of hydrogen-bond donors (Lipinski definition) is 1. The average Bonchev–Trinajstić information content (AvgIpc) is 2.75. The molecule has 0 bridgehead atoms. The van der Waals surface area contributed by atoms with Gasteiger partial charge in [-0.1, -0.05) is 12.1 Å². The van der Waals surface area contributed by atoms with Crippen LogP contribution < -0.4 is 5.69 Å². The SMILES string of the molecule is CC(C(=O)O)N(C)C(=O)CCn1c(=O)n(C)c2ccccc21. The van der Waals surface area contributed by atoms with E-state index in [1.54, 1.807) is 7.05 Å². The maximum atomic E-state index is 12.2. The van der Waals surface area contributed by atoms with Gasteiger partial charge in [0.1, 0.15) is 6.04 Å². The molecule has 0 fully saturated rings. The van der Waals surface area contributed by atoms with Crippen molar-refractivity contribution in [2.45, 2.75) is 25.9 Å². The van der Waals surface area contributed by atoms with Crippen molar-refractivity contribution in [2.24, 2.45) is 7.05 Å². The number of aliphatic carboxylic acids is 1. The smallest absolute Gasteiger partial charge is 0.328 e. The number of carbonyl (C=O) groups excluding carboxylic acids is 1. The van der Waals surface area contributed by atoms with Crippen molar-refractivity contribution >= 4 is 22.9 Å². The number of rotatable bonds is 5. The summed E-state index contributed by atoms with van der Waals surface area (Å²) in [4.78, 5) is 36.4. The molecule has 118 valence electrons. The summed E-state index contributed by atoms with van der Waals surface area (Å²) in [5.74, 6) is -1.37. The number of likely N-dealkylation sites (N-methyl/N-ethyl adjacent to an activating group) is 1. The van der Waals surface area contributed by atoms with Crippen molar-refractivity contribution < 1.29 is 14.7 Å². The van der Waals surface area contributed by atoms with Crippen LogP contribution in [-0.4, -0.2) is 44.1 Å². The van der Waals surface area contributed by atoms with Crippen molar-refractivity contribution in [2.75, 3.05) is 7.05 Å². The molecule has 1 atom stereocenters. The van der Waals surface area contributed by atoms with E-state index >= 15 is 0 Å². The number of amides is 1. The first kappa shape index (κ1) is 15.8. The number of carbonyl (C=O) groups is 2. The van der Waals surface area contributed by atoms with Gasteiger partial charge in [-0.05, 0) is 19.1 Å². The molecule has 2 aromatic rings. The lowest BCUT2D eigenvalue weighted by atomic mass is 10.2. The second-order valence-electron chi connectivity index (χ2n) is 5.25. The number of carboxylic acids is 1. The van der Waals surface area contributed by atoms with E-state index in [4.69, 9.17) is 5.11 Å². The number of benzene rings is 1. The Labute approximate surface area is 127 Å². The quantitative estimate of drug-likeness (QED) is 0.879. The van der Waals surface area contributed by atoms with E-state index in [1.165, 1.54) is 28.0 Å². The molecule has 1 heterocycles. The number of para-hydroxylation sites is 2. The van der Waals surface area contributed by atoms with Gasteiger partial charge >= 0.3 is 11.7 Å². The van der Waals surface area contributed by atoms with E-state index in [-0.39, 0.29) is 24.6 Å². The summed E-state index contributed by atoms with van der Waals surface area (Å²) < 4.78 is 3.07. The summed E-state index contributed by atoms with van der Waals surface area (Å²) in [6.07, 6.45) is 0.0715. The molecular formula is C15H19N3O4. The maximum Gasteiger partial charge on any atom is 0.328 e. The fourth-order valence-electron chi connectivity index (χ4n) is 2.34. The van der Waals surface area contributed by atoms with Crippen LogP contribution in [0.1, 0.15) is 13.3 Å². The number of nitrogens with zero attached hydrogens (tertiary/aromatic N) is 3. The minimum Gasteiger partial charge on any atom is -0.480 e. The standard InChI is InChI=1S/C15H19N3O4/c1-10(14(20)21)16(2)13(19)8-9-18-12-7-5-4-6-11(12)17(3)15(18)22/h4-7,10H,8-9H2,1-3H3,(H,20,21). The molecule has 1 aromatic heterocycles. The van der Waals surface area contributed by atoms with Crippen molar-refractivity contribution in [3.63, 3.8) is 0 Å². The highest BCUT2D eigenvalue weighted by molar-refractivity contribution is 5.83. The largest absolute Gasteiger partial charge is 0.480 e. The highest BCUT2D eigenvalue weighted by atomic mass is 16.4. The first-order chi connectivity index (χ1) is 10.3. The van der Waals surface area contributed by atoms with Gasteiger partial charge in [0.25, 0.3) is 0 Å². The molecule has 0 spiro atoms. The molecule has 0 radical (unpaired) electrons. The van der Waals surface area contributed by atoms with Crippen LogP contribution in [-0.2, 0) is 23.2 Å². The van der Waals surface area contributed by atoms with Crippen LogP contribution in [0.4, 0.5) is 0 Å². The molecule has 1 N–H and O–H groups in total. The Bertz CT molecular complexity index is 775. The van der Waals surface area contributed by atoms with Crippen LogP contribution in [0.25, 0.3) is 11.0 Å². The van der Waals surface area contributed by atoms with Crippen LogP contribution in [0.2, 0.25) is 0 Å². The summed E-state index contributed by atoms with van der Waals surface area (Å²) in [5, 5.41) is 8.92. The maximum absolute atomic E-state index is 12.2. The predicted octanol–water partition coefficient (Wildman–Crippen LogP) is 0.662. The van der Waals surface area contributed by atoms with Crippen LogP contribution in [0.5, 0.6) is 0 Å². The van der Waals surface area contributed by atoms with Gasteiger partial charge in [-0.2, -0.15) is 0 Å². The molecule has 0 aliphatic carbocycles. The van der Waals surface area contributed by atoms with Gasteiger partial charge < -0.3 is 10.0 Å². The Balaban J connectivity index is 2.19. The Morgan fingerprint density at radius 3 is 2.45 bits per heavy atom. The summed E-state index contributed by atoms with van der Waals surface area (Å²) in [6, 6.07) is 6.45. The third-order valence-corrected chi connectivity index (χ3v) is 3.93. The third-order valence-electron chi connectivity index (χ3n) is 3.93. The van der Waals surface area contributed by atoms with Gasteiger partial charge in [0.15, 0.2) is 0 Å². The van der Waals surface area contributed by atoms with E-state index < -0.39 is 12.0 Å². The monoisotopic (exact) mass is 305 g/mol. The van der Waals surface area contributed by atoms with Gasteiger partial charge in [0.2, 0.25) is 5.91 Å². The topological polar surface area (TPSA) is 84.5 Å². The summed E-state index contributed by atoms with van der Waals surface area (Å²) in [6.45, 7) is 1.67. The van der Waals surface area contributed by atoms with Crippen molar-refractivity contribution in [3.05, 3.63) is 34.7 Å². The molecule has 1 aromatic carbocycles. The molecule has 0 aliphatic heterocycles. The number of fused-ring (bicyclic) bond motifs is 1. The van der Waals surface area contributed by atoms with Gasteiger partial charge in [0.05, 0.1) is 11.0 Å². The lowest BCUT2D eigenvalue weighted by molar-refractivity contribution is -0.148. The first-order valence-corrected chi connectivity index (χ1v) is 6.97. The Kier molecular flexibility index (Phi) is 4.35. The lowest BCUT2D eigenvalue weighted by Crippen LogP contribution is -2.40. The van der Waals surface area contributed by atoms with Crippen molar-refractivity contribution in [1.29, 1.82) is 0 Å². The normalized spacial score (nSPS) is 12.3. The summed E-state index contributed by atoms with van der Waals surface area (Å²) in [5.41, 5.74) is 1.37. The average molecular weight is 305 g/mol.